The van der Waals surface area contributed by atoms with Gasteiger partial charge in [0.15, 0.2) is 0 Å². The number of rotatable bonds is 5. The highest BCUT2D eigenvalue weighted by Gasteiger charge is 1.96. The summed E-state index contributed by atoms with van der Waals surface area (Å²) in [4.78, 5) is 12.0. The highest BCUT2D eigenvalue weighted by Crippen LogP contribution is 1.94. The number of hydrogen-bond acceptors (Lipinski definition) is 2. The summed E-state index contributed by atoms with van der Waals surface area (Å²) in [6.07, 6.45) is 2.87. The van der Waals surface area contributed by atoms with Crippen molar-refractivity contribution >= 4 is 5.97 Å². The van der Waals surface area contributed by atoms with Crippen LogP contribution in [0.5, 0.6) is 0 Å². The summed E-state index contributed by atoms with van der Waals surface area (Å²) in [5.74, 6) is -0.821. The Hall–Kier alpha value is -0.570. The van der Waals surface area contributed by atoms with E-state index in [1.807, 2.05) is 19.0 Å². The van der Waals surface area contributed by atoms with Crippen LogP contribution in [0.3, 0.4) is 0 Å². The Bertz CT molecular complexity index is 102. The second-order valence-corrected chi connectivity index (χ2v) is 2.49. The van der Waals surface area contributed by atoms with Crippen LogP contribution in [0.15, 0.2) is 0 Å². The van der Waals surface area contributed by atoms with Crippen LogP contribution in [0.4, 0.5) is 0 Å². The summed E-state index contributed by atoms with van der Waals surface area (Å²) in [5.41, 5.74) is 0. The monoisotopic (exact) mass is 144 g/mol. The first-order valence-electron chi connectivity index (χ1n) is 3.34. The Morgan fingerprint density at radius 2 is 2.20 bits per heavy atom. The zero-order chi connectivity index (χ0) is 7.98. The van der Waals surface area contributed by atoms with Gasteiger partial charge in [-0.05, 0) is 33.5 Å². The van der Waals surface area contributed by atoms with Crippen molar-refractivity contribution in [3.8, 4) is 0 Å². The van der Waals surface area contributed by atoms with Crippen LogP contribution in [0, 0.1) is 6.42 Å². The van der Waals surface area contributed by atoms with Gasteiger partial charge in [-0.2, -0.15) is 0 Å². The first kappa shape index (κ1) is 9.43. The molecule has 0 unspecified atom stereocenters. The Kier molecular flexibility index (Phi) is 4.94. The van der Waals surface area contributed by atoms with Crippen LogP contribution in [-0.2, 0) is 4.79 Å². The first-order valence-corrected chi connectivity index (χ1v) is 3.34. The van der Waals surface area contributed by atoms with Gasteiger partial charge in [-0.25, -0.2) is 0 Å². The molecule has 0 atom stereocenters. The van der Waals surface area contributed by atoms with E-state index < -0.39 is 5.97 Å². The average Bonchev–Trinajstić information content (AvgIpc) is 1.79. The maximum Gasteiger partial charge on any atom is 0.307 e. The average molecular weight is 144 g/mol. The molecular formula is C7H14NO2. The van der Waals surface area contributed by atoms with Crippen LogP contribution in [-0.4, -0.2) is 36.6 Å². The van der Waals surface area contributed by atoms with E-state index in [1.165, 1.54) is 6.42 Å². The van der Waals surface area contributed by atoms with Gasteiger partial charge in [0, 0.05) is 0 Å². The molecule has 59 valence electrons. The number of unbranched alkanes of at least 4 members (excludes halogenated alkanes) is 1. The van der Waals surface area contributed by atoms with Gasteiger partial charge in [0.2, 0.25) is 0 Å². The van der Waals surface area contributed by atoms with E-state index in [-0.39, 0.29) is 0 Å². The lowest BCUT2D eigenvalue weighted by molar-refractivity contribution is -0.133. The second kappa shape index (κ2) is 5.23. The fourth-order valence-electron chi connectivity index (χ4n) is 0.633. The number of nitrogens with zero attached hydrogens (tertiary/aromatic N) is 1. The minimum absolute atomic E-state index is 0.660. The molecule has 0 aliphatic carbocycles. The molecule has 3 nitrogen and oxygen atoms in total. The van der Waals surface area contributed by atoms with Crippen molar-refractivity contribution in [1.82, 2.24) is 4.90 Å². The van der Waals surface area contributed by atoms with Gasteiger partial charge in [-0.15, -0.1) is 0 Å². The van der Waals surface area contributed by atoms with Crippen LogP contribution in [0.1, 0.15) is 12.8 Å². The third-order valence-electron chi connectivity index (χ3n) is 1.13. The summed E-state index contributed by atoms with van der Waals surface area (Å²) < 4.78 is 0. The molecule has 0 heterocycles. The van der Waals surface area contributed by atoms with E-state index in [2.05, 4.69) is 0 Å². The predicted octanol–water partition coefficient (Wildman–Crippen LogP) is 0.617. The van der Waals surface area contributed by atoms with Crippen LogP contribution in [0.25, 0.3) is 0 Å². The fourth-order valence-corrected chi connectivity index (χ4v) is 0.633. The van der Waals surface area contributed by atoms with Gasteiger partial charge in [0.1, 0.15) is 0 Å². The maximum atomic E-state index is 9.97. The van der Waals surface area contributed by atoms with E-state index in [0.717, 1.165) is 13.0 Å². The molecule has 1 N–H and O–H groups in total. The normalized spacial score (nSPS) is 10.3. The summed E-state index contributed by atoms with van der Waals surface area (Å²) in [6, 6.07) is 0. The molecule has 0 saturated carbocycles. The number of carboxylic acids is 1. The number of hydrogen-bond donors (Lipinski definition) is 1. The van der Waals surface area contributed by atoms with E-state index in [0.29, 0.717) is 6.42 Å². The van der Waals surface area contributed by atoms with E-state index in [4.69, 9.17) is 5.11 Å². The van der Waals surface area contributed by atoms with Gasteiger partial charge in [0.05, 0.1) is 6.42 Å². The Morgan fingerprint density at radius 1 is 1.60 bits per heavy atom. The lowest BCUT2D eigenvalue weighted by Crippen LogP contribution is -2.13. The van der Waals surface area contributed by atoms with Gasteiger partial charge in [-0.3, -0.25) is 4.79 Å². The van der Waals surface area contributed by atoms with Gasteiger partial charge >= 0.3 is 5.97 Å². The Morgan fingerprint density at radius 3 is 2.60 bits per heavy atom. The lowest BCUT2D eigenvalue weighted by atomic mass is 10.2. The third-order valence-corrected chi connectivity index (χ3v) is 1.13. The first-order chi connectivity index (χ1) is 4.63. The minimum Gasteiger partial charge on any atom is -0.481 e. The summed E-state index contributed by atoms with van der Waals surface area (Å²) in [6.45, 7) is 0.948. The van der Waals surface area contributed by atoms with Crippen molar-refractivity contribution in [2.45, 2.75) is 12.8 Å². The van der Waals surface area contributed by atoms with Gasteiger partial charge in [0.25, 0.3) is 0 Å². The summed E-state index contributed by atoms with van der Waals surface area (Å²) >= 11 is 0. The minimum atomic E-state index is -0.821. The number of carbonyl (C=O) groups is 1. The predicted molar refractivity (Wildman–Crippen MR) is 39.7 cm³/mol. The number of aliphatic carboxylic acids is 1. The zero-order valence-corrected chi connectivity index (χ0v) is 6.50. The highest BCUT2D eigenvalue weighted by atomic mass is 16.4. The molecule has 0 rings (SSSR count). The van der Waals surface area contributed by atoms with Gasteiger partial charge in [-0.1, -0.05) is 0 Å². The molecule has 0 bridgehead atoms. The standard InChI is InChI=1S/C7H14NO2/c1-8(2)6-4-3-5-7(9)10/h5H,3-4,6H2,1-2H3,(H,9,10). The van der Waals surface area contributed by atoms with Crippen molar-refractivity contribution in [3.63, 3.8) is 0 Å². The lowest BCUT2D eigenvalue weighted by Gasteiger charge is -2.06. The third kappa shape index (κ3) is 7.43. The molecule has 0 amide bonds. The van der Waals surface area contributed by atoms with Crippen molar-refractivity contribution in [1.29, 1.82) is 0 Å². The van der Waals surface area contributed by atoms with Crippen molar-refractivity contribution in [2.24, 2.45) is 0 Å². The Balaban J connectivity index is 2.98. The van der Waals surface area contributed by atoms with E-state index in [1.54, 1.807) is 0 Å². The van der Waals surface area contributed by atoms with Crippen LogP contribution >= 0.6 is 0 Å². The van der Waals surface area contributed by atoms with Gasteiger partial charge < -0.3 is 10.0 Å². The SMILES string of the molecule is CN(C)CCC[CH]C(=O)O. The second-order valence-electron chi connectivity index (χ2n) is 2.49. The molecule has 3 heteroatoms. The molecule has 10 heavy (non-hydrogen) atoms. The van der Waals surface area contributed by atoms with Crippen LogP contribution in [0.2, 0.25) is 0 Å². The molecule has 0 aromatic heterocycles. The van der Waals surface area contributed by atoms with Crippen molar-refractivity contribution < 1.29 is 9.90 Å². The molecular weight excluding hydrogens is 130 g/mol. The molecule has 0 fully saturated rings. The molecule has 1 radical (unpaired) electrons. The fraction of sp³-hybridized carbons (Fsp3) is 0.714. The molecule has 0 aliphatic heterocycles. The molecule has 0 spiro atoms. The molecule has 0 aromatic carbocycles. The Labute approximate surface area is 61.6 Å². The molecule has 0 saturated heterocycles. The highest BCUT2D eigenvalue weighted by molar-refractivity contribution is 5.76. The van der Waals surface area contributed by atoms with Crippen molar-refractivity contribution in [2.75, 3.05) is 20.6 Å². The smallest absolute Gasteiger partial charge is 0.307 e. The topological polar surface area (TPSA) is 40.5 Å². The number of carboxylic acid groups (broad SMARTS) is 1. The van der Waals surface area contributed by atoms with E-state index >= 15 is 0 Å². The van der Waals surface area contributed by atoms with Crippen LogP contribution < -0.4 is 0 Å². The molecule has 0 aromatic rings. The summed E-state index contributed by atoms with van der Waals surface area (Å²) in [7, 11) is 3.95. The zero-order valence-electron chi connectivity index (χ0n) is 6.50. The quantitative estimate of drug-likeness (QED) is 0.575. The largest absolute Gasteiger partial charge is 0.481 e. The molecule has 0 aliphatic rings. The maximum absolute atomic E-state index is 9.97. The summed E-state index contributed by atoms with van der Waals surface area (Å²) in [5, 5.41) is 8.21. The van der Waals surface area contributed by atoms with E-state index in [9.17, 15) is 4.79 Å². The van der Waals surface area contributed by atoms with Crippen molar-refractivity contribution in [3.05, 3.63) is 6.42 Å².